The minimum Gasteiger partial charge on any atom is -0.401 e. The minimum absolute atomic E-state index is 0.217. The third-order valence-corrected chi connectivity index (χ3v) is 7.06. The molecule has 0 saturated carbocycles. The Labute approximate surface area is 197 Å². The largest absolute Gasteiger partial charge is 0.401 e. The molecule has 9 heteroatoms. The standard InChI is InChI=1S/C23H42N4O4S/c1-22(2,16-31-20-10-6-7-12-30-20)18(24)13-19(28)26-21(29)23(3,4)25-14-17-9-8-11-27(15-17)32-5/h13,17,20,25H,6-12,14-16,24H2,1-5H3,(H,26,28,29)/t17-,20?/m1/s1. The predicted octanol–water partition coefficient (Wildman–Crippen LogP) is 2.40. The second-order valence-electron chi connectivity index (χ2n) is 9.99. The van der Waals surface area contributed by atoms with E-state index in [-0.39, 0.29) is 12.2 Å². The van der Waals surface area contributed by atoms with E-state index in [0.29, 0.717) is 24.8 Å². The van der Waals surface area contributed by atoms with Crippen LogP contribution in [0.25, 0.3) is 0 Å². The SMILES string of the molecule is CSN1CCC[C@H](CNC(C)(C)C(=O)NC(=O)C=C(N)C(C)(C)COC2CCCCO2)C1. The van der Waals surface area contributed by atoms with E-state index in [4.69, 9.17) is 15.2 Å². The van der Waals surface area contributed by atoms with Crippen molar-refractivity contribution in [2.24, 2.45) is 17.1 Å². The van der Waals surface area contributed by atoms with Gasteiger partial charge in [0.05, 0.1) is 12.1 Å². The summed E-state index contributed by atoms with van der Waals surface area (Å²) in [5.74, 6) is -0.396. The summed E-state index contributed by atoms with van der Waals surface area (Å²) < 4.78 is 13.8. The molecule has 2 amide bonds. The second kappa shape index (κ2) is 12.4. The number of piperidine rings is 1. The Kier molecular flexibility index (Phi) is 10.5. The highest BCUT2D eigenvalue weighted by molar-refractivity contribution is 7.96. The van der Waals surface area contributed by atoms with E-state index in [0.717, 1.165) is 51.7 Å². The van der Waals surface area contributed by atoms with E-state index in [1.54, 1.807) is 25.8 Å². The molecular formula is C23H42N4O4S. The van der Waals surface area contributed by atoms with Gasteiger partial charge in [-0.25, -0.2) is 0 Å². The van der Waals surface area contributed by atoms with Crippen molar-refractivity contribution in [3.05, 3.63) is 11.8 Å². The lowest BCUT2D eigenvalue weighted by atomic mass is 9.90. The van der Waals surface area contributed by atoms with E-state index < -0.39 is 16.9 Å². The summed E-state index contributed by atoms with van der Waals surface area (Å²) in [4.78, 5) is 25.2. The summed E-state index contributed by atoms with van der Waals surface area (Å²) in [7, 11) is 0. The fourth-order valence-corrected chi connectivity index (χ4v) is 4.38. The highest BCUT2D eigenvalue weighted by atomic mass is 32.2. The van der Waals surface area contributed by atoms with Gasteiger partial charge in [0.15, 0.2) is 6.29 Å². The molecule has 2 heterocycles. The highest BCUT2D eigenvalue weighted by Crippen LogP contribution is 2.25. The number of rotatable bonds is 10. The van der Waals surface area contributed by atoms with E-state index >= 15 is 0 Å². The van der Waals surface area contributed by atoms with E-state index in [9.17, 15) is 9.59 Å². The van der Waals surface area contributed by atoms with Gasteiger partial charge in [0.1, 0.15) is 0 Å². The molecule has 2 aliphatic rings. The summed E-state index contributed by atoms with van der Waals surface area (Å²) in [6, 6.07) is 0. The lowest BCUT2D eigenvalue weighted by Gasteiger charge is -2.33. The first kappa shape index (κ1) is 27.1. The van der Waals surface area contributed by atoms with Gasteiger partial charge in [0, 0.05) is 43.4 Å². The molecule has 1 unspecified atom stereocenters. The average molecular weight is 471 g/mol. The number of nitrogens with one attached hydrogen (secondary N) is 2. The van der Waals surface area contributed by atoms with Crippen molar-refractivity contribution in [2.75, 3.05) is 39.1 Å². The first-order valence-electron chi connectivity index (χ1n) is 11.6. The van der Waals surface area contributed by atoms with Crippen LogP contribution in [0, 0.1) is 11.3 Å². The molecule has 0 aromatic carbocycles. The molecular weight excluding hydrogens is 428 g/mol. The topological polar surface area (TPSA) is 106 Å². The van der Waals surface area contributed by atoms with E-state index in [1.165, 1.54) is 6.08 Å². The number of nitrogens with zero attached hydrogens (tertiary/aromatic N) is 1. The fraction of sp³-hybridized carbons (Fsp3) is 0.826. The predicted molar refractivity (Wildman–Crippen MR) is 129 cm³/mol. The number of hydrogen-bond donors (Lipinski definition) is 3. The third-order valence-electron chi connectivity index (χ3n) is 6.21. The van der Waals surface area contributed by atoms with Crippen LogP contribution in [-0.2, 0) is 19.1 Å². The Bertz CT molecular complexity index is 662. The van der Waals surface area contributed by atoms with Crippen LogP contribution in [0.1, 0.15) is 59.8 Å². The molecule has 8 nitrogen and oxygen atoms in total. The van der Waals surface area contributed by atoms with Crippen LogP contribution in [0.4, 0.5) is 0 Å². The molecule has 0 aromatic heterocycles. The van der Waals surface area contributed by atoms with Crippen molar-refractivity contribution in [2.45, 2.75) is 71.6 Å². The second-order valence-corrected chi connectivity index (χ2v) is 10.9. The molecule has 184 valence electrons. The van der Waals surface area contributed by atoms with E-state index in [2.05, 4.69) is 21.2 Å². The molecule has 32 heavy (non-hydrogen) atoms. The lowest BCUT2D eigenvalue weighted by Crippen LogP contribution is -2.55. The van der Waals surface area contributed by atoms with Gasteiger partial charge >= 0.3 is 0 Å². The molecule has 2 rings (SSSR count). The Morgan fingerprint density at radius 2 is 1.97 bits per heavy atom. The highest BCUT2D eigenvalue weighted by Gasteiger charge is 2.31. The molecule has 2 saturated heterocycles. The van der Waals surface area contributed by atoms with Gasteiger partial charge in [-0.05, 0) is 58.1 Å². The van der Waals surface area contributed by atoms with Crippen LogP contribution in [0.15, 0.2) is 11.8 Å². The number of carbonyl (C=O) groups is 2. The van der Waals surface area contributed by atoms with Crippen LogP contribution in [0.3, 0.4) is 0 Å². The Hall–Kier alpha value is -1.13. The van der Waals surface area contributed by atoms with Gasteiger partial charge in [-0.15, -0.1) is 0 Å². The van der Waals surface area contributed by atoms with Crippen LogP contribution >= 0.6 is 11.9 Å². The van der Waals surface area contributed by atoms with Crippen molar-refractivity contribution >= 4 is 23.8 Å². The Morgan fingerprint density at radius 3 is 2.62 bits per heavy atom. The van der Waals surface area contributed by atoms with Crippen molar-refractivity contribution in [1.82, 2.24) is 14.9 Å². The van der Waals surface area contributed by atoms with Gasteiger partial charge < -0.3 is 20.5 Å². The maximum absolute atomic E-state index is 12.7. The Balaban J connectivity index is 1.82. The van der Waals surface area contributed by atoms with Gasteiger partial charge in [0.25, 0.3) is 5.91 Å². The zero-order chi connectivity index (χ0) is 23.8. The van der Waals surface area contributed by atoms with Crippen molar-refractivity contribution in [1.29, 1.82) is 0 Å². The maximum atomic E-state index is 12.7. The summed E-state index contributed by atoms with van der Waals surface area (Å²) >= 11 is 1.76. The molecule has 0 aliphatic carbocycles. The summed E-state index contributed by atoms with van der Waals surface area (Å²) in [5, 5.41) is 5.79. The van der Waals surface area contributed by atoms with Crippen LogP contribution in [0.5, 0.6) is 0 Å². The zero-order valence-electron chi connectivity index (χ0n) is 20.4. The molecule has 0 spiro atoms. The first-order chi connectivity index (χ1) is 15.0. The smallest absolute Gasteiger partial charge is 0.252 e. The maximum Gasteiger partial charge on any atom is 0.252 e. The normalized spacial score (nSPS) is 23.7. The summed E-state index contributed by atoms with van der Waals surface area (Å²) in [6.45, 7) is 11.3. The number of carbonyl (C=O) groups excluding carboxylic acids is 2. The lowest BCUT2D eigenvalue weighted by molar-refractivity contribution is -0.173. The van der Waals surface area contributed by atoms with Gasteiger partial charge in [-0.2, -0.15) is 0 Å². The minimum atomic E-state index is -0.864. The van der Waals surface area contributed by atoms with Crippen molar-refractivity contribution in [3.63, 3.8) is 0 Å². The first-order valence-corrected chi connectivity index (χ1v) is 12.8. The summed E-state index contributed by atoms with van der Waals surface area (Å²) in [5.41, 5.74) is 5.12. The van der Waals surface area contributed by atoms with E-state index in [1.807, 2.05) is 13.8 Å². The van der Waals surface area contributed by atoms with Crippen LogP contribution in [-0.4, -0.2) is 67.1 Å². The van der Waals surface area contributed by atoms with Crippen molar-refractivity contribution < 1.29 is 19.1 Å². The molecule has 2 aliphatic heterocycles. The van der Waals surface area contributed by atoms with Crippen LogP contribution < -0.4 is 16.4 Å². The fourth-order valence-electron chi connectivity index (χ4n) is 3.71. The number of amides is 2. The molecule has 0 bridgehead atoms. The molecule has 2 fully saturated rings. The molecule has 0 radical (unpaired) electrons. The van der Waals surface area contributed by atoms with Gasteiger partial charge in [-0.1, -0.05) is 25.8 Å². The van der Waals surface area contributed by atoms with Crippen LogP contribution in [0.2, 0.25) is 0 Å². The van der Waals surface area contributed by atoms with Gasteiger partial charge in [-0.3, -0.25) is 19.2 Å². The number of hydrogen-bond acceptors (Lipinski definition) is 8. The number of nitrogens with two attached hydrogens (primary N) is 1. The summed E-state index contributed by atoms with van der Waals surface area (Å²) in [6.07, 6.45) is 8.48. The molecule has 4 N–H and O–H groups in total. The van der Waals surface area contributed by atoms with Gasteiger partial charge in [0.2, 0.25) is 5.91 Å². The third kappa shape index (κ3) is 8.67. The molecule has 0 aromatic rings. The number of ether oxygens (including phenoxy) is 2. The quantitative estimate of drug-likeness (QED) is 0.330. The zero-order valence-corrected chi connectivity index (χ0v) is 21.2. The number of imide groups is 1. The molecule has 2 atom stereocenters. The van der Waals surface area contributed by atoms with Crippen molar-refractivity contribution in [3.8, 4) is 0 Å². The monoisotopic (exact) mass is 470 g/mol. The Morgan fingerprint density at radius 1 is 1.22 bits per heavy atom. The average Bonchev–Trinajstić information content (AvgIpc) is 2.77.